The van der Waals surface area contributed by atoms with Gasteiger partial charge in [-0.15, -0.1) is 0 Å². The number of nitrogens with zero attached hydrogens (tertiary/aromatic N) is 2. The molecule has 0 saturated carbocycles. The largest absolute Gasteiger partial charge is 0.355 e. The molecular formula is C10H14FN3. The first kappa shape index (κ1) is 9.40. The van der Waals surface area contributed by atoms with Crippen LogP contribution in [0.2, 0.25) is 0 Å². The van der Waals surface area contributed by atoms with Gasteiger partial charge in [0.05, 0.1) is 24.2 Å². The number of nitrogens with one attached hydrogen (secondary N) is 1. The minimum absolute atomic E-state index is 0.274. The Morgan fingerprint density at radius 2 is 2.43 bits per heavy atom. The zero-order valence-electron chi connectivity index (χ0n) is 8.20. The highest BCUT2D eigenvalue weighted by atomic mass is 19.1. The molecule has 1 N–H and O–H groups in total. The van der Waals surface area contributed by atoms with Crippen molar-refractivity contribution in [1.82, 2.24) is 10.3 Å². The maximum atomic E-state index is 12.9. The number of hydrogen-bond acceptors (Lipinski definition) is 3. The summed E-state index contributed by atoms with van der Waals surface area (Å²) < 4.78 is 12.9. The molecule has 3 nitrogen and oxygen atoms in total. The van der Waals surface area contributed by atoms with E-state index in [1.54, 1.807) is 6.20 Å². The molecule has 1 unspecified atom stereocenters. The Morgan fingerprint density at radius 3 is 3.14 bits per heavy atom. The third-order valence-corrected chi connectivity index (χ3v) is 2.61. The van der Waals surface area contributed by atoms with Crippen molar-refractivity contribution in [3.05, 3.63) is 24.3 Å². The molecule has 1 aromatic rings. The molecule has 2 heterocycles. The average Bonchev–Trinajstić information content (AvgIpc) is 2.65. The molecule has 14 heavy (non-hydrogen) atoms. The van der Waals surface area contributed by atoms with E-state index in [0.29, 0.717) is 6.17 Å². The molecule has 0 aliphatic carbocycles. The number of aromatic nitrogens is 1. The van der Waals surface area contributed by atoms with Crippen molar-refractivity contribution < 1.29 is 4.39 Å². The molecule has 1 aliphatic heterocycles. The smallest absolute Gasteiger partial charge is 0.143 e. The lowest BCUT2D eigenvalue weighted by Gasteiger charge is -2.25. The van der Waals surface area contributed by atoms with Crippen molar-refractivity contribution in [2.24, 2.45) is 0 Å². The second kappa shape index (κ2) is 3.92. The van der Waals surface area contributed by atoms with Gasteiger partial charge in [0, 0.05) is 12.6 Å². The fraction of sp³-hybridized carbons (Fsp3) is 0.500. The molecule has 0 aromatic carbocycles. The van der Waals surface area contributed by atoms with Gasteiger partial charge in [0.25, 0.3) is 0 Å². The van der Waals surface area contributed by atoms with Crippen LogP contribution in [-0.2, 0) is 0 Å². The predicted octanol–water partition coefficient (Wildman–Crippen LogP) is 1.37. The van der Waals surface area contributed by atoms with E-state index in [0.717, 1.165) is 25.1 Å². The molecule has 76 valence electrons. The van der Waals surface area contributed by atoms with Gasteiger partial charge in [0.2, 0.25) is 0 Å². The molecule has 1 aromatic heterocycles. The summed E-state index contributed by atoms with van der Waals surface area (Å²) in [6.45, 7) is 0.969. The molecule has 1 atom stereocenters. The van der Waals surface area contributed by atoms with Gasteiger partial charge in [-0.05, 0) is 19.9 Å². The van der Waals surface area contributed by atoms with Crippen molar-refractivity contribution in [1.29, 1.82) is 0 Å². The monoisotopic (exact) mass is 195 g/mol. The second-order valence-electron chi connectivity index (χ2n) is 3.50. The van der Waals surface area contributed by atoms with Gasteiger partial charge in [-0.2, -0.15) is 0 Å². The van der Waals surface area contributed by atoms with Crippen molar-refractivity contribution in [3.8, 4) is 0 Å². The Labute approximate surface area is 82.9 Å². The van der Waals surface area contributed by atoms with E-state index in [1.165, 1.54) is 12.3 Å². The van der Waals surface area contributed by atoms with Crippen LogP contribution in [0.3, 0.4) is 0 Å². The summed E-state index contributed by atoms with van der Waals surface area (Å²) in [5, 5.41) is 3.21. The fourth-order valence-electron chi connectivity index (χ4n) is 1.93. The lowest BCUT2D eigenvalue weighted by atomic mass is 10.3. The lowest BCUT2D eigenvalue weighted by Crippen LogP contribution is -2.39. The minimum Gasteiger partial charge on any atom is -0.355 e. The molecule has 4 heteroatoms. The van der Waals surface area contributed by atoms with Crippen molar-refractivity contribution >= 4 is 5.69 Å². The quantitative estimate of drug-likeness (QED) is 0.772. The Morgan fingerprint density at radius 1 is 1.57 bits per heavy atom. The maximum Gasteiger partial charge on any atom is 0.143 e. The first-order chi connectivity index (χ1) is 6.81. The summed E-state index contributed by atoms with van der Waals surface area (Å²) >= 11 is 0. The standard InChI is InChI=1S/C10H14FN3/c1-12-10-3-2-4-14(10)9-5-8(11)6-13-7-9/h5-7,10,12H,2-4H2,1H3. The Kier molecular flexibility index (Phi) is 2.63. The van der Waals surface area contributed by atoms with Crippen LogP contribution in [0.15, 0.2) is 18.5 Å². The van der Waals surface area contributed by atoms with Crippen LogP contribution < -0.4 is 10.2 Å². The van der Waals surface area contributed by atoms with Gasteiger partial charge in [0.1, 0.15) is 5.82 Å². The number of rotatable bonds is 2. The first-order valence-electron chi connectivity index (χ1n) is 4.86. The van der Waals surface area contributed by atoms with Crippen LogP contribution >= 0.6 is 0 Å². The van der Waals surface area contributed by atoms with Crippen molar-refractivity contribution in [2.75, 3.05) is 18.5 Å². The second-order valence-corrected chi connectivity index (χ2v) is 3.50. The van der Waals surface area contributed by atoms with E-state index in [-0.39, 0.29) is 5.82 Å². The van der Waals surface area contributed by atoms with E-state index < -0.39 is 0 Å². The van der Waals surface area contributed by atoms with E-state index >= 15 is 0 Å². The summed E-state index contributed by atoms with van der Waals surface area (Å²) in [7, 11) is 1.93. The summed E-state index contributed by atoms with van der Waals surface area (Å²) in [6.07, 6.45) is 5.50. The van der Waals surface area contributed by atoms with Gasteiger partial charge in [-0.3, -0.25) is 4.98 Å². The maximum absolute atomic E-state index is 12.9. The van der Waals surface area contributed by atoms with E-state index in [1.807, 2.05) is 7.05 Å². The molecule has 1 aliphatic rings. The Bertz CT molecular complexity index is 316. The summed E-state index contributed by atoms with van der Waals surface area (Å²) in [5.74, 6) is -0.274. The highest BCUT2D eigenvalue weighted by Crippen LogP contribution is 2.23. The Hall–Kier alpha value is -1.16. The van der Waals surface area contributed by atoms with Crippen LogP contribution in [0.1, 0.15) is 12.8 Å². The third kappa shape index (κ3) is 1.70. The predicted molar refractivity (Wildman–Crippen MR) is 53.6 cm³/mol. The van der Waals surface area contributed by atoms with Crippen LogP contribution in [0, 0.1) is 5.82 Å². The zero-order valence-corrected chi connectivity index (χ0v) is 8.20. The van der Waals surface area contributed by atoms with Gasteiger partial charge in [0.15, 0.2) is 0 Å². The van der Waals surface area contributed by atoms with Crippen LogP contribution in [0.25, 0.3) is 0 Å². The van der Waals surface area contributed by atoms with E-state index in [4.69, 9.17) is 0 Å². The summed E-state index contributed by atoms with van der Waals surface area (Å²) in [4.78, 5) is 6.00. The van der Waals surface area contributed by atoms with Gasteiger partial charge < -0.3 is 10.2 Å². The van der Waals surface area contributed by atoms with E-state index in [9.17, 15) is 4.39 Å². The highest BCUT2D eigenvalue weighted by molar-refractivity contribution is 5.46. The van der Waals surface area contributed by atoms with Gasteiger partial charge in [-0.1, -0.05) is 0 Å². The average molecular weight is 195 g/mol. The number of halogens is 1. The van der Waals surface area contributed by atoms with Crippen molar-refractivity contribution in [3.63, 3.8) is 0 Å². The molecule has 0 radical (unpaired) electrons. The topological polar surface area (TPSA) is 28.2 Å². The lowest BCUT2D eigenvalue weighted by molar-refractivity contribution is 0.577. The third-order valence-electron chi connectivity index (χ3n) is 2.61. The highest BCUT2D eigenvalue weighted by Gasteiger charge is 2.23. The minimum atomic E-state index is -0.274. The van der Waals surface area contributed by atoms with Crippen LogP contribution in [0.4, 0.5) is 10.1 Å². The molecule has 0 bridgehead atoms. The normalized spacial score (nSPS) is 21.6. The molecule has 0 spiro atoms. The van der Waals surface area contributed by atoms with Crippen LogP contribution in [-0.4, -0.2) is 24.7 Å². The fourth-order valence-corrected chi connectivity index (χ4v) is 1.93. The number of anilines is 1. The van der Waals surface area contributed by atoms with Crippen LogP contribution in [0.5, 0.6) is 0 Å². The van der Waals surface area contributed by atoms with Gasteiger partial charge >= 0.3 is 0 Å². The molecule has 1 saturated heterocycles. The molecule has 0 amide bonds. The molecule has 1 fully saturated rings. The first-order valence-corrected chi connectivity index (χ1v) is 4.86. The molecule has 2 rings (SSSR count). The summed E-state index contributed by atoms with van der Waals surface area (Å²) in [6, 6.07) is 1.53. The van der Waals surface area contributed by atoms with Gasteiger partial charge in [-0.25, -0.2) is 4.39 Å². The van der Waals surface area contributed by atoms with Crippen molar-refractivity contribution in [2.45, 2.75) is 19.0 Å². The summed E-state index contributed by atoms with van der Waals surface area (Å²) in [5.41, 5.74) is 0.863. The van der Waals surface area contributed by atoms with E-state index in [2.05, 4.69) is 15.2 Å². The number of hydrogen-bond donors (Lipinski definition) is 1. The molecular weight excluding hydrogens is 181 g/mol. The Balaban J connectivity index is 2.21. The number of pyridine rings is 1. The SMILES string of the molecule is CNC1CCCN1c1cncc(F)c1. The zero-order chi connectivity index (χ0) is 9.97.